The largest absolute Gasteiger partial charge is 0.353 e. The molecule has 0 aromatic heterocycles. The lowest BCUT2D eigenvalue weighted by atomic mass is 10.3. The number of anilines is 2. The zero-order chi connectivity index (χ0) is 12.8. The van der Waals surface area contributed by atoms with Crippen LogP contribution in [0.2, 0.25) is 0 Å². The molecule has 2 rings (SSSR count). The van der Waals surface area contributed by atoms with Crippen LogP contribution in [0.15, 0.2) is 60.7 Å². The van der Waals surface area contributed by atoms with Crippen molar-refractivity contribution in [2.45, 2.75) is 0 Å². The van der Waals surface area contributed by atoms with Gasteiger partial charge in [0.05, 0.1) is 11.4 Å². The maximum Gasteiger partial charge on any atom is 0.353 e. The number of urea groups is 1. The van der Waals surface area contributed by atoms with E-state index >= 15 is 0 Å². The van der Waals surface area contributed by atoms with Crippen molar-refractivity contribution in [2.24, 2.45) is 5.73 Å². The Balaban J connectivity index is 2.08. The van der Waals surface area contributed by atoms with Gasteiger partial charge in [0.1, 0.15) is 0 Å². The third-order valence-corrected chi connectivity index (χ3v) is 2.25. The number of carbonyl (C=O) groups is 1. The van der Waals surface area contributed by atoms with Gasteiger partial charge in [-0.1, -0.05) is 36.4 Å². The van der Waals surface area contributed by atoms with Crippen LogP contribution in [0.3, 0.4) is 0 Å². The Morgan fingerprint density at radius 2 is 1.22 bits per heavy atom. The Morgan fingerprint density at radius 3 is 1.56 bits per heavy atom. The first kappa shape index (κ1) is 11.8. The third kappa shape index (κ3) is 3.15. The molecule has 0 aliphatic rings. The van der Waals surface area contributed by atoms with Crippen LogP contribution in [0.25, 0.3) is 0 Å². The number of hydrogen-bond donors (Lipinski definition) is 3. The number of nitrogens with one attached hydrogen (secondary N) is 2. The number of nitrogens with two attached hydrogens (primary N) is 1. The summed E-state index contributed by atoms with van der Waals surface area (Å²) < 4.78 is 0. The van der Waals surface area contributed by atoms with Crippen LogP contribution in [0.4, 0.5) is 16.2 Å². The topological polar surface area (TPSA) is 70.4 Å². The fourth-order valence-electron chi connectivity index (χ4n) is 1.42. The minimum absolute atomic E-state index is 0.622. The monoisotopic (exact) mass is 242 g/mol. The molecule has 0 atom stereocenters. The number of hydrazine groups is 2. The molecule has 2 aromatic rings. The maximum atomic E-state index is 11.3. The summed E-state index contributed by atoms with van der Waals surface area (Å²) in [6, 6.07) is 18.0. The molecule has 92 valence electrons. The van der Waals surface area contributed by atoms with E-state index in [-0.39, 0.29) is 0 Å². The summed E-state index contributed by atoms with van der Waals surface area (Å²) in [5.74, 6) is 0. The highest BCUT2D eigenvalue weighted by Gasteiger charge is 2.08. The number of hydrogen-bond acceptors (Lipinski definition) is 3. The molecule has 0 radical (unpaired) electrons. The number of amides is 2. The van der Waals surface area contributed by atoms with Gasteiger partial charge in [0, 0.05) is 0 Å². The van der Waals surface area contributed by atoms with Crippen molar-refractivity contribution in [1.29, 1.82) is 0 Å². The fraction of sp³-hybridized carbons (Fsp3) is 0. The molecule has 0 saturated carbocycles. The third-order valence-electron chi connectivity index (χ3n) is 2.25. The van der Waals surface area contributed by atoms with Gasteiger partial charge in [-0.3, -0.25) is 10.9 Å². The SMILES string of the molecule is NC(=O)N(Nc1ccccc1)Nc1ccccc1. The van der Waals surface area contributed by atoms with Gasteiger partial charge in [-0.2, -0.15) is 0 Å². The number of para-hydroxylation sites is 2. The van der Waals surface area contributed by atoms with E-state index in [1.807, 2.05) is 60.7 Å². The standard InChI is InChI=1S/C13H14N4O/c14-13(18)17(15-11-7-3-1-4-8-11)16-12-9-5-2-6-10-12/h1-10,15-16H,(H2,14,18). The van der Waals surface area contributed by atoms with Gasteiger partial charge < -0.3 is 5.73 Å². The van der Waals surface area contributed by atoms with Crippen molar-refractivity contribution >= 4 is 17.4 Å². The zero-order valence-electron chi connectivity index (χ0n) is 9.71. The number of carbonyl (C=O) groups excluding carboxylic acids is 1. The molecule has 2 amide bonds. The summed E-state index contributed by atoms with van der Waals surface area (Å²) in [4.78, 5) is 11.3. The van der Waals surface area contributed by atoms with E-state index in [0.29, 0.717) is 0 Å². The van der Waals surface area contributed by atoms with Crippen molar-refractivity contribution in [3.63, 3.8) is 0 Å². The van der Waals surface area contributed by atoms with Gasteiger partial charge in [-0.25, -0.2) is 4.79 Å². The van der Waals surface area contributed by atoms with E-state index in [9.17, 15) is 4.79 Å². The van der Waals surface area contributed by atoms with E-state index in [1.54, 1.807) is 0 Å². The Kier molecular flexibility index (Phi) is 3.66. The highest BCUT2D eigenvalue weighted by Crippen LogP contribution is 2.10. The maximum absolute atomic E-state index is 11.3. The molecular weight excluding hydrogens is 228 g/mol. The number of benzene rings is 2. The number of nitrogens with zero attached hydrogens (tertiary/aromatic N) is 1. The summed E-state index contributed by atoms with van der Waals surface area (Å²) in [6.07, 6.45) is 0. The highest BCUT2D eigenvalue weighted by atomic mass is 16.2. The Bertz CT molecular complexity index is 459. The molecule has 0 aliphatic heterocycles. The minimum atomic E-state index is -0.622. The molecule has 0 spiro atoms. The van der Waals surface area contributed by atoms with E-state index in [1.165, 1.54) is 0 Å². The van der Waals surface area contributed by atoms with Crippen molar-refractivity contribution in [1.82, 2.24) is 5.12 Å². The second-order valence-corrected chi connectivity index (χ2v) is 3.63. The lowest BCUT2D eigenvalue weighted by Gasteiger charge is -2.23. The second-order valence-electron chi connectivity index (χ2n) is 3.63. The van der Waals surface area contributed by atoms with Gasteiger partial charge in [-0.15, -0.1) is 5.12 Å². The average molecular weight is 242 g/mol. The lowest BCUT2D eigenvalue weighted by Crippen LogP contribution is -2.44. The molecule has 0 saturated heterocycles. The van der Waals surface area contributed by atoms with E-state index in [4.69, 9.17) is 5.73 Å². The molecule has 2 aromatic carbocycles. The molecular formula is C13H14N4O. The molecule has 0 fully saturated rings. The minimum Gasteiger partial charge on any atom is -0.349 e. The predicted octanol–water partition coefficient (Wildman–Crippen LogP) is 2.42. The van der Waals surface area contributed by atoms with Crippen molar-refractivity contribution < 1.29 is 4.79 Å². The molecule has 18 heavy (non-hydrogen) atoms. The van der Waals surface area contributed by atoms with Crippen LogP contribution in [-0.2, 0) is 0 Å². The first-order valence-electron chi connectivity index (χ1n) is 5.48. The van der Waals surface area contributed by atoms with Crippen LogP contribution in [-0.4, -0.2) is 11.1 Å². The van der Waals surface area contributed by atoms with Crippen LogP contribution in [0, 0.1) is 0 Å². The first-order valence-corrected chi connectivity index (χ1v) is 5.48. The number of primary amides is 1. The van der Waals surface area contributed by atoms with Crippen LogP contribution in [0.1, 0.15) is 0 Å². The average Bonchev–Trinajstić information content (AvgIpc) is 2.40. The molecule has 4 N–H and O–H groups in total. The quantitative estimate of drug-likeness (QED) is 0.721. The predicted molar refractivity (Wildman–Crippen MR) is 71.6 cm³/mol. The molecule has 0 bridgehead atoms. The summed E-state index contributed by atoms with van der Waals surface area (Å²) in [5.41, 5.74) is 12.6. The van der Waals surface area contributed by atoms with Crippen molar-refractivity contribution in [3.8, 4) is 0 Å². The van der Waals surface area contributed by atoms with Crippen LogP contribution < -0.4 is 16.6 Å². The fourth-order valence-corrected chi connectivity index (χ4v) is 1.42. The smallest absolute Gasteiger partial charge is 0.349 e. The summed E-state index contributed by atoms with van der Waals surface area (Å²) >= 11 is 0. The van der Waals surface area contributed by atoms with Gasteiger partial charge in [0.2, 0.25) is 0 Å². The molecule has 0 heterocycles. The summed E-state index contributed by atoms with van der Waals surface area (Å²) in [7, 11) is 0. The van der Waals surface area contributed by atoms with E-state index in [0.717, 1.165) is 16.5 Å². The van der Waals surface area contributed by atoms with E-state index in [2.05, 4.69) is 10.9 Å². The lowest BCUT2D eigenvalue weighted by molar-refractivity contribution is 0.226. The molecule has 5 heteroatoms. The van der Waals surface area contributed by atoms with Crippen LogP contribution in [0.5, 0.6) is 0 Å². The Morgan fingerprint density at radius 1 is 0.833 bits per heavy atom. The summed E-state index contributed by atoms with van der Waals surface area (Å²) in [6.45, 7) is 0. The highest BCUT2D eigenvalue weighted by molar-refractivity contribution is 5.75. The Hall–Kier alpha value is -2.69. The van der Waals surface area contributed by atoms with Crippen LogP contribution >= 0.6 is 0 Å². The van der Waals surface area contributed by atoms with Gasteiger partial charge in [0.25, 0.3) is 0 Å². The zero-order valence-corrected chi connectivity index (χ0v) is 9.71. The molecule has 5 nitrogen and oxygen atoms in total. The second kappa shape index (κ2) is 5.58. The first-order chi connectivity index (χ1) is 8.75. The molecule has 0 unspecified atom stereocenters. The van der Waals surface area contributed by atoms with Crippen molar-refractivity contribution in [3.05, 3.63) is 60.7 Å². The number of rotatable bonds is 4. The molecule has 0 aliphatic carbocycles. The normalized spacial score (nSPS) is 9.56. The van der Waals surface area contributed by atoms with E-state index < -0.39 is 6.03 Å². The van der Waals surface area contributed by atoms with Gasteiger partial charge >= 0.3 is 6.03 Å². The van der Waals surface area contributed by atoms with Gasteiger partial charge in [0.15, 0.2) is 0 Å². The Labute approximate surface area is 105 Å². The van der Waals surface area contributed by atoms with Crippen molar-refractivity contribution in [2.75, 3.05) is 10.9 Å². The van der Waals surface area contributed by atoms with Gasteiger partial charge in [-0.05, 0) is 24.3 Å². The summed E-state index contributed by atoms with van der Waals surface area (Å²) in [5, 5.41) is 1.13.